The van der Waals surface area contributed by atoms with Crippen LogP contribution < -0.4 is 15.4 Å². The molecule has 0 aliphatic carbocycles. The van der Waals surface area contributed by atoms with E-state index in [1.807, 2.05) is 18.7 Å². The van der Waals surface area contributed by atoms with E-state index < -0.39 is 28.9 Å². The molecule has 5 rings (SSSR count). The molecule has 2 fully saturated rings. The van der Waals surface area contributed by atoms with Crippen LogP contribution in [0.15, 0.2) is 24.8 Å². The van der Waals surface area contributed by atoms with Gasteiger partial charge in [-0.25, -0.2) is 13.8 Å². The summed E-state index contributed by atoms with van der Waals surface area (Å²) < 4.78 is 41.5. The number of amides is 2. The number of anilines is 2. The summed E-state index contributed by atoms with van der Waals surface area (Å²) in [6.07, 6.45) is 1.69. The number of nitrogens with zero attached hydrogens (tertiary/aromatic N) is 4. The number of rotatable bonds is 4. The molecule has 4 heterocycles. The van der Waals surface area contributed by atoms with Gasteiger partial charge in [0.15, 0.2) is 5.75 Å². The molecule has 208 valence electrons. The fraction of sp³-hybridized carbons (Fsp3) is 0.444. The molecule has 2 N–H and O–H groups in total. The predicted molar refractivity (Wildman–Crippen MR) is 143 cm³/mol. The van der Waals surface area contributed by atoms with Crippen LogP contribution in [0.4, 0.5) is 20.3 Å². The van der Waals surface area contributed by atoms with E-state index in [2.05, 4.69) is 6.58 Å². The Morgan fingerprint density at radius 2 is 1.97 bits per heavy atom. The molecule has 1 unspecified atom stereocenters. The Hall–Kier alpha value is -3.44. The number of pyridine rings is 1. The lowest BCUT2D eigenvalue weighted by atomic mass is 9.97. The zero-order chi connectivity index (χ0) is 28.2. The molecule has 1 aromatic carbocycles. The van der Waals surface area contributed by atoms with Crippen LogP contribution in [0.25, 0.3) is 11.3 Å². The molecule has 2 atom stereocenters. The average molecular weight is 562 g/mol. The maximum atomic E-state index is 15.1. The molecule has 9 nitrogen and oxygen atoms in total. The molecule has 0 bridgehead atoms. The fourth-order valence-electron chi connectivity index (χ4n) is 5.79. The van der Waals surface area contributed by atoms with Gasteiger partial charge in [-0.1, -0.05) is 18.2 Å². The summed E-state index contributed by atoms with van der Waals surface area (Å²) in [5, 5.41) is -0.155. The Labute approximate surface area is 230 Å². The number of aromatic nitrogens is 1. The average Bonchev–Trinajstić information content (AvgIpc) is 3.14. The highest BCUT2D eigenvalue weighted by Crippen LogP contribution is 2.48. The van der Waals surface area contributed by atoms with Crippen molar-refractivity contribution in [2.24, 2.45) is 0 Å². The summed E-state index contributed by atoms with van der Waals surface area (Å²) in [5.41, 5.74) is 4.56. The van der Waals surface area contributed by atoms with Gasteiger partial charge in [0.05, 0.1) is 28.9 Å². The van der Waals surface area contributed by atoms with Crippen LogP contribution in [0, 0.1) is 11.6 Å². The van der Waals surface area contributed by atoms with Gasteiger partial charge in [-0.05, 0) is 38.5 Å². The molecule has 2 amide bonds. The number of hydrogen-bond acceptors (Lipinski definition) is 7. The van der Waals surface area contributed by atoms with E-state index in [1.165, 1.54) is 6.08 Å². The summed E-state index contributed by atoms with van der Waals surface area (Å²) in [6, 6.07) is 1.40. The molecule has 12 heteroatoms. The minimum atomic E-state index is -0.831. The van der Waals surface area contributed by atoms with Gasteiger partial charge in [-0.3, -0.25) is 9.59 Å². The normalized spacial score (nSPS) is 22.2. The van der Waals surface area contributed by atoms with Gasteiger partial charge < -0.3 is 29.9 Å². The Morgan fingerprint density at radius 3 is 2.64 bits per heavy atom. The monoisotopic (exact) mass is 561 g/mol. The Morgan fingerprint density at radius 1 is 1.26 bits per heavy atom. The summed E-state index contributed by atoms with van der Waals surface area (Å²) in [5.74, 6) is -2.04. The summed E-state index contributed by atoms with van der Waals surface area (Å²) >= 11 is 6.78. The van der Waals surface area contributed by atoms with Gasteiger partial charge in [-0.2, -0.15) is 0 Å². The quantitative estimate of drug-likeness (QED) is 0.450. The van der Waals surface area contributed by atoms with Crippen molar-refractivity contribution in [2.75, 3.05) is 50.5 Å². The fourth-order valence-corrected chi connectivity index (χ4v) is 6.08. The number of methoxy groups -OCH3 is 1. The molecule has 1 aromatic heterocycles. The third-order valence-electron chi connectivity index (χ3n) is 7.96. The van der Waals surface area contributed by atoms with E-state index in [9.17, 15) is 14.0 Å². The zero-order valence-corrected chi connectivity index (χ0v) is 22.7. The number of fused-ring (bicyclic) bond motifs is 2. The van der Waals surface area contributed by atoms with Crippen LogP contribution >= 0.6 is 11.6 Å². The van der Waals surface area contributed by atoms with Crippen LogP contribution in [0.3, 0.4) is 0 Å². The zero-order valence-electron chi connectivity index (χ0n) is 22.0. The summed E-state index contributed by atoms with van der Waals surface area (Å²) in [6.45, 7) is 8.79. The molecule has 0 spiro atoms. The van der Waals surface area contributed by atoms with Crippen molar-refractivity contribution in [3.63, 3.8) is 0 Å². The van der Waals surface area contributed by atoms with Crippen molar-refractivity contribution >= 4 is 34.9 Å². The minimum absolute atomic E-state index is 0.0115. The Kier molecular flexibility index (Phi) is 6.92. The number of hydrogen-bond donors (Lipinski definition) is 1. The van der Waals surface area contributed by atoms with E-state index >= 15 is 4.39 Å². The van der Waals surface area contributed by atoms with Crippen molar-refractivity contribution in [2.45, 2.75) is 38.0 Å². The Balaban J connectivity index is 1.71. The smallest absolute Gasteiger partial charge is 0.261 e. The predicted octanol–water partition coefficient (Wildman–Crippen LogP) is 3.50. The molecular formula is C27H30ClF2N5O4. The van der Waals surface area contributed by atoms with Crippen LogP contribution in [-0.2, 0) is 9.53 Å². The first-order valence-electron chi connectivity index (χ1n) is 12.6. The first kappa shape index (κ1) is 27.1. The lowest BCUT2D eigenvalue weighted by molar-refractivity contribution is -0.128. The molecule has 3 aliphatic rings. The molecule has 2 aromatic rings. The van der Waals surface area contributed by atoms with Crippen molar-refractivity contribution < 1.29 is 27.8 Å². The van der Waals surface area contributed by atoms with Crippen LogP contribution in [0.5, 0.6) is 5.75 Å². The van der Waals surface area contributed by atoms with E-state index in [0.717, 1.165) is 12.1 Å². The maximum Gasteiger partial charge on any atom is 0.261 e. The number of carbonyl (C=O) groups excluding carboxylic acids is 2. The number of piperazine rings is 1. The summed E-state index contributed by atoms with van der Waals surface area (Å²) in [4.78, 5) is 36.3. The number of carbonyl (C=O) groups is 2. The van der Waals surface area contributed by atoms with Gasteiger partial charge in [0.1, 0.15) is 40.3 Å². The number of halogens is 3. The van der Waals surface area contributed by atoms with Gasteiger partial charge in [-0.15, -0.1) is 0 Å². The number of nitrogens with two attached hydrogens (primary N) is 1. The van der Waals surface area contributed by atoms with Crippen LogP contribution in [-0.4, -0.2) is 84.2 Å². The second-order valence-corrected chi connectivity index (χ2v) is 10.8. The van der Waals surface area contributed by atoms with Gasteiger partial charge in [0.25, 0.3) is 5.91 Å². The first-order chi connectivity index (χ1) is 18.5. The highest BCUT2D eigenvalue weighted by molar-refractivity contribution is 6.35. The van der Waals surface area contributed by atoms with Crippen molar-refractivity contribution in [3.05, 3.63) is 47.0 Å². The van der Waals surface area contributed by atoms with E-state index in [-0.39, 0.29) is 71.0 Å². The number of benzene rings is 1. The maximum absolute atomic E-state index is 15.1. The molecule has 2 saturated heterocycles. The van der Waals surface area contributed by atoms with Crippen molar-refractivity contribution in [1.29, 1.82) is 0 Å². The van der Waals surface area contributed by atoms with E-state index in [0.29, 0.717) is 19.5 Å². The molecule has 3 aliphatic heterocycles. The highest BCUT2D eigenvalue weighted by Gasteiger charge is 2.47. The van der Waals surface area contributed by atoms with Crippen molar-refractivity contribution in [3.8, 4) is 17.0 Å². The van der Waals surface area contributed by atoms with E-state index in [4.69, 9.17) is 31.8 Å². The highest BCUT2D eigenvalue weighted by atomic mass is 35.5. The third kappa shape index (κ3) is 4.28. The van der Waals surface area contributed by atoms with Gasteiger partial charge >= 0.3 is 0 Å². The second-order valence-electron chi connectivity index (χ2n) is 10.4. The minimum Gasteiger partial charge on any atom is -0.489 e. The van der Waals surface area contributed by atoms with Gasteiger partial charge in [0, 0.05) is 33.3 Å². The summed E-state index contributed by atoms with van der Waals surface area (Å²) in [7, 11) is 1.61. The molecular weight excluding hydrogens is 532 g/mol. The topological polar surface area (TPSA) is 101 Å². The molecule has 0 saturated carbocycles. The van der Waals surface area contributed by atoms with Crippen LogP contribution in [0.1, 0.15) is 30.6 Å². The standard InChI is InChI=1S/C27H30ClF2N5O4/c1-5-18(36)33-10-11-34-14(12-33)13-39-24-20(26(34)37)25(35-9-8-17(38-4)27(35,2)3)32-23(21(24)28)19-15(29)6-7-16(30)22(19)31/h5-7,14,17H,1,8-13,31H2,2-4H3/t14-,17?/m1/s1. The molecule has 0 radical (unpaired) electrons. The second kappa shape index (κ2) is 9.95. The van der Waals surface area contributed by atoms with E-state index in [1.54, 1.807) is 16.9 Å². The third-order valence-corrected chi connectivity index (χ3v) is 8.31. The lowest BCUT2D eigenvalue weighted by Gasteiger charge is -2.40. The number of nitrogen functional groups attached to an aromatic ring is 1. The van der Waals surface area contributed by atoms with Crippen LogP contribution in [0.2, 0.25) is 5.02 Å². The largest absolute Gasteiger partial charge is 0.489 e. The number of ether oxygens (including phenoxy) is 2. The van der Waals surface area contributed by atoms with Crippen molar-refractivity contribution in [1.82, 2.24) is 14.8 Å². The lowest BCUT2D eigenvalue weighted by Crippen LogP contribution is -2.57. The Bertz CT molecular complexity index is 1370. The first-order valence-corrected chi connectivity index (χ1v) is 13.0. The molecule has 39 heavy (non-hydrogen) atoms. The SMILES string of the molecule is C=CC(=O)N1CCN2C(=O)c3c(N4CCC(OC)C4(C)C)nc(-c4c(F)ccc(F)c4N)c(Cl)c3OC[C@H]2C1. The van der Waals surface area contributed by atoms with Gasteiger partial charge in [0.2, 0.25) is 5.91 Å².